The van der Waals surface area contributed by atoms with Crippen molar-refractivity contribution in [3.05, 3.63) is 35.9 Å². The summed E-state index contributed by atoms with van der Waals surface area (Å²) < 4.78 is 0. The van der Waals surface area contributed by atoms with E-state index in [4.69, 9.17) is 0 Å². The zero-order valence-corrected chi connectivity index (χ0v) is 21.9. The Hall–Kier alpha value is -1.39. The molecular weight excluding hydrogens is 436 g/mol. The normalized spacial score (nSPS) is 45.7. The summed E-state index contributed by atoms with van der Waals surface area (Å²) in [4.78, 5) is 11.2. The van der Waals surface area contributed by atoms with Crippen molar-refractivity contribution in [3.8, 4) is 0 Å². The molecule has 0 aromatic heterocycles. The van der Waals surface area contributed by atoms with Crippen molar-refractivity contribution in [1.82, 2.24) is 0 Å². The number of carbonyl (C=O) groups is 1. The van der Waals surface area contributed by atoms with Gasteiger partial charge in [0.2, 0.25) is 0 Å². The van der Waals surface area contributed by atoms with Crippen molar-refractivity contribution in [2.24, 2.45) is 52.3 Å². The molecule has 2 unspecified atom stereocenters. The number of rotatable bonds is 6. The van der Waals surface area contributed by atoms with Gasteiger partial charge in [-0.25, -0.2) is 0 Å². The van der Waals surface area contributed by atoms with Crippen molar-refractivity contribution >= 4 is 5.97 Å². The number of carboxylic acids is 1. The molecule has 4 aliphatic rings. The lowest BCUT2D eigenvalue weighted by Crippen LogP contribution is -2.62. The van der Waals surface area contributed by atoms with Gasteiger partial charge in [-0.3, -0.25) is 4.79 Å². The molecule has 4 aliphatic carbocycles. The highest BCUT2D eigenvalue weighted by molar-refractivity contribution is 5.66. The van der Waals surface area contributed by atoms with Crippen molar-refractivity contribution < 1.29 is 20.1 Å². The van der Waals surface area contributed by atoms with E-state index in [1.54, 1.807) is 0 Å². The number of benzene rings is 1. The lowest BCUT2D eigenvalue weighted by molar-refractivity contribution is -0.202. The van der Waals surface area contributed by atoms with Crippen LogP contribution in [0.5, 0.6) is 0 Å². The van der Waals surface area contributed by atoms with Crippen LogP contribution in [-0.2, 0) is 11.2 Å². The maximum absolute atomic E-state index is 12.2. The Balaban J connectivity index is 1.46. The predicted octanol–water partition coefficient (Wildman–Crippen LogP) is 5.95. The average molecular weight is 483 g/mol. The minimum Gasteiger partial charge on any atom is -0.481 e. The molecule has 4 heteroatoms. The summed E-state index contributed by atoms with van der Waals surface area (Å²) in [6.07, 6.45) is 8.81. The number of aliphatic carboxylic acids is 1. The summed E-state index contributed by atoms with van der Waals surface area (Å²) in [5, 5.41) is 32.1. The van der Waals surface area contributed by atoms with E-state index in [-0.39, 0.29) is 35.4 Å². The Morgan fingerprint density at radius 3 is 2.37 bits per heavy atom. The van der Waals surface area contributed by atoms with Crippen molar-refractivity contribution in [1.29, 1.82) is 0 Å². The summed E-state index contributed by atoms with van der Waals surface area (Å²) >= 11 is 0. The molecule has 0 spiro atoms. The zero-order chi connectivity index (χ0) is 25.0. The predicted molar refractivity (Wildman–Crippen MR) is 138 cm³/mol. The van der Waals surface area contributed by atoms with Gasteiger partial charge in [-0.1, -0.05) is 51.1 Å². The fourth-order valence-corrected chi connectivity index (χ4v) is 10.1. The summed E-state index contributed by atoms with van der Waals surface area (Å²) in [6.45, 7) is 7.24. The van der Waals surface area contributed by atoms with E-state index >= 15 is 0 Å². The Morgan fingerprint density at radius 1 is 0.971 bits per heavy atom. The highest BCUT2D eigenvalue weighted by atomic mass is 16.4. The van der Waals surface area contributed by atoms with E-state index in [1.165, 1.54) is 18.4 Å². The summed E-state index contributed by atoms with van der Waals surface area (Å²) in [6, 6.07) is 10.6. The summed E-state index contributed by atoms with van der Waals surface area (Å²) in [7, 11) is 0. The number of hydrogen-bond acceptors (Lipinski definition) is 3. The van der Waals surface area contributed by atoms with Crippen LogP contribution in [0.4, 0.5) is 0 Å². The van der Waals surface area contributed by atoms with Gasteiger partial charge in [0, 0.05) is 6.42 Å². The van der Waals surface area contributed by atoms with Crippen LogP contribution in [0.2, 0.25) is 0 Å². The Kier molecular flexibility index (Phi) is 6.85. The second kappa shape index (κ2) is 9.49. The second-order valence-corrected chi connectivity index (χ2v) is 13.3. The standard InChI is InChI=1S/C31H46O4/c1-19(9-12-27(33)34)23-10-11-24-28-25(14-16-30(23,24)2)31(3)15-13-21(32)18-26(31)22(29(28)35)17-20-7-5-4-6-8-20/h4-8,19,21-26,28-29,32,35H,9-18H2,1-3H3,(H,33,34)/t19-,21-,22-,23?,24+,25+,26?,28+,29-,30-,31-/m1/s1. The zero-order valence-electron chi connectivity index (χ0n) is 21.9. The molecule has 194 valence electrons. The molecule has 0 radical (unpaired) electrons. The van der Waals surface area contributed by atoms with Gasteiger partial charge in [0.15, 0.2) is 0 Å². The maximum atomic E-state index is 12.2. The van der Waals surface area contributed by atoms with E-state index in [9.17, 15) is 20.1 Å². The highest BCUT2D eigenvalue weighted by Gasteiger charge is 2.65. The molecule has 4 fully saturated rings. The minimum absolute atomic E-state index is 0.177. The molecule has 0 saturated heterocycles. The first-order chi connectivity index (χ1) is 16.6. The van der Waals surface area contributed by atoms with Crippen molar-refractivity contribution in [3.63, 3.8) is 0 Å². The van der Waals surface area contributed by atoms with Crippen LogP contribution < -0.4 is 0 Å². The third-order valence-electron chi connectivity index (χ3n) is 11.8. The molecule has 3 N–H and O–H groups in total. The van der Waals surface area contributed by atoms with Crippen molar-refractivity contribution in [2.45, 2.75) is 97.2 Å². The number of fused-ring (bicyclic) bond motifs is 5. The minimum atomic E-state index is -0.690. The van der Waals surface area contributed by atoms with Crippen LogP contribution in [0.3, 0.4) is 0 Å². The topological polar surface area (TPSA) is 77.8 Å². The molecule has 1 aromatic rings. The third-order valence-corrected chi connectivity index (χ3v) is 11.8. The highest BCUT2D eigenvalue weighted by Crippen LogP contribution is 2.69. The fourth-order valence-electron chi connectivity index (χ4n) is 10.1. The van der Waals surface area contributed by atoms with Gasteiger partial charge in [0.05, 0.1) is 12.2 Å². The lowest BCUT2D eigenvalue weighted by Gasteiger charge is -2.65. The Bertz CT molecular complexity index is 901. The molecule has 35 heavy (non-hydrogen) atoms. The van der Waals surface area contributed by atoms with Gasteiger partial charge in [0.1, 0.15) is 0 Å². The molecule has 0 heterocycles. The molecule has 0 amide bonds. The number of aliphatic hydroxyl groups excluding tert-OH is 2. The monoisotopic (exact) mass is 482 g/mol. The van der Waals surface area contributed by atoms with Crippen molar-refractivity contribution in [2.75, 3.05) is 0 Å². The van der Waals surface area contributed by atoms with Crippen LogP contribution in [0.1, 0.15) is 84.1 Å². The van der Waals surface area contributed by atoms with Crippen LogP contribution >= 0.6 is 0 Å². The molecule has 0 bridgehead atoms. The number of carboxylic acid groups (broad SMARTS) is 1. The van der Waals surface area contributed by atoms with Gasteiger partial charge in [-0.2, -0.15) is 0 Å². The lowest BCUT2D eigenvalue weighted by atomic mass is 9.41. The van der Waals surface area contributed by atoms with Gasteiger partial charge < -0.3 is 15.3 Å². The summed E-state index contributed by atoms with van der Waals surface area (Å²) in [5.74, 6) is 2.16. The average Bonchev–Trinajstić information content (AvgIpc) is 3.19. The van der Waals surface area contributed by atoms with Gasteiger partial charge in [-0.05, 0) is 116 Å². The molecular formula is C31H46O4. The van der Waals surface area contributed by atoms with Crippen LogP contribution in [0.25, 0.3) is 0 Å². The van der Waals surface area contributed by atoms with Gasteiger partial charge in [-0.15, -0.1) is 0 Å². The molecule has 1 aromatic carbocycles. The first-order valence-electron chi connectivity index (χ1n) is 14.3. The summed E-state index contributed by atoms with van der Waals surface area (Å²) in [5.41, 5.74) is 1.66. The smallest absolute Gasteiger partial charge is 0.303 e. The van der Waals surface area contributed by atoms with Crippen LogP contribution in [0, 0.1) is 52.3 Å². The van der Waals surface area contributed by atoms with E-state index in [0.717, 1.165) is 44.9 Å². The third kappa shape index (κ3) is 4.27. The van der Waals surface area contributed by atoms with Crippen LogP contribution in [0.15, 0.2) is 30.3 Å². The number of hydrogen-bond donors (Lipinski definition) is 3. The molecule has 4 saturated carbocycles. The Morgan fingerprint density at radius 2 is 1.66 bits per heavy atom. The van der Waals surface area contributed by atoms with Gasteiger partial charge >= 0.3 is 5.97 Å². The maximum Gasteiger partial charge on any atom is 0.303 e. The van der Waals surface area contributed by atoms with E-state index < -0.39 is 5.97 Å². The fraction of sp³-hybridized carbons (Fsp3) is 0.774. The molecule has 5 rings (SSSR count). The first-order valence-corrected chi connectivity index (χ1v) is 14.3. The largest absolute Gasteiger partial charge is 0.481 e. The van der Waals surface area contributed by atoms with Gasteiger partial charge in [0.25, 0.3) is 0 Å². The van der Waals surface area contributed by atoms with Crippen LogP contribution in [-0.4, -0.2) is 33.5 Å². The molecule has 11 atom stereocenters. The van der Waals surface area contributed by atoms with E-state index in [1.807, 2.05) is 0 Å². The SMILES string of the molecule is C[C@H](CCC(=O)O)C1CC[C@H]2[C@@H]3[C@H](O)[C@H](Cc4ccccc4)C4C[C@H](O)CC[C@]4(C)[C@H]3CC[C@]12C. The van der Waals surface area contributed by atoms with E-state index in [0.29, 0.717) is 35.5 Å². The van der Waals surface area contributed by atoms with E-state index in [2.05, 4.69) is 51.1 Å². The quantitative estimate of drug-likeness (QED) is 0.468. The molecule has 0 aliphatic heterocycles. The second-order valence-electron chi connectivity index (χ2n) is 13.3. The number of aliphatic hydroxyl groups is 2. The Labute approximate surface area is 211 Å². The first kappa shape index (κ1) is 25.3. The molecule has 4 nitrogen and oxygen atoms in total.